The van der Waals surface area contributed by atoms with Gasteiger partial charge in [0.1, 0.15) is 0 Å². The molecule has 114 valence electrons. The number of amides is 2. The van der Waals surface area contributed by atoms with Crippen molar-refractivity contribution in [2.24, 2.45) is 0 Å². The van der Waals surface area contributed by atoms with Crippen molar-refractivity contribution in [3.8, 4) is 11.1 Å². The zero-order valence-electron chi connectivity index (χ0n) is 11.8. The van der Waals surface area contributed by atoms with Gasteiger partial charge >= 0.3 is 0 Å². The second kappa shape index (κ2) is 7.29. The molecule has 0 radical (unpaired) electrons. The molecule has 0 atom stereocenters. The van der Waals surface area contributed by atoms with E-state index < -0.39 is 0 Å². The summed E-state index contributed by atoms with van der Waals surface area (Å²) in [7, 11) is 0. The molecule has 0 aliphatic carbocycles. The maximum absolute atomic E-state index is 11.9. The Balaban J connectivity index is 2.26. The van der Waals surface area contributed by atoms with Crippen LogP contribution in [0.1, 0.15) is 6.92 Å². The average Bonchev–Trinajstić information content (AvgIpc) is 2.48. The van der Waals surface area contributed by atoms with Gasteiger partial charge in [-0.3, -0.25) is 9.59 Å². The molecular weight excluding hydrogens is 323 g/mol. The van der Waals surface area contributed by atoms with E-state index in [1.165, 1.54) is 6.92 Å². The Hall–Kier alpha value is -2.04. The maximum atomic E-state index is 11.9. The summed E-state index contributed by atoms with van der Waals surface area (Å²) >= 11 is 11.9. The van der Waals surface area contributed by atoms with Gasteiger partial charge in [-0.1, -0.05) is 35.3 Å². The van der Waals surface area contributed by atoms with E-state index in [2.05, 4.69) is 10.6 Å². The molecule has 0 heterocycles. The fourth-order valence-electron chi connectivity index (χ4n) is 1.89. The molecule has 4 nitrogen and oxygen atoms in total. The van der Waals surface area contributed by atoms with Gasteiger partial charge < -0.3 is 10.6 Å². The van der Waals surface area contributed by atoms with Gasteiger partial charge in [-0.2, -0.15) is 0 Å². The highest BCUT2D eigenvalue weighted by Crippen LogP contribution is 2.31. The van der Waals surface area contributed by atoms with Crippen molar-refractivity contribution in [1.82, 2.24) is 5.32 Å². The van der Waals surface area contributed by atoms with E-state index in [1.807, 2.05) is 12.1 Å². The summed E-state index contributed by atoms with van der Waals surface area (Å²) in [6, 6.07) is 12.4. The molecule has 2 amide bonds. The molecule has 0 fully saturated rings. The molecule has 0 aliphatic heterocycles. The number of halogens is 2. The first-order valence-corrected chi connectivity index (χ1v) is 7.31. The fraction of sp³-hybridized carbons (Fsp3) is 0.125. The molecule has 0 spiro atoms. The van der Waals surface area contributed by atoms with Crippen molar-refractivity contribution in [2.45, 2.75) is 6.92 Å². The molecule has 2 aromatic rings. The van der Waals surface area contributed by atoms with Crippen LogP contribution in [0.25, 0.3) is 11.1 Å². The fourth-order valence-corrected chi connectivity index (χ4v) is 2.19. The molecule has 0 saturated carbocycles. The molecule has 0 aliphatic rings. The molecule has 0 saturated heterocycles. The zero-order valence-corrected chi connectivity index (χ0v) is 13.3. The van der Waals surface area contributed by atoms with E-state index in [0.717, 1.165) is 11.1 Å². The molecule has 22 heavy (non-hydrogen) atoms. The van der Waals surface area contributed by atoms with Crippen LogP contribution in [0.5, 0.6) is 0 Å². The van der Waals surface area contributed by atoms with Crippen LogP contribution in [0, 0.1) is 0 Å². The molecule has 2 N–H and O–H groups in total. The van der Waals surface area contributed by atoms with Gasteiger partial charge in [0.15, 0.2) is 0 Å². The Bertz CT molecular complexity index is 700. The Morgan fingerprint density at radius 3 is 2.27 bits per heavy atom. The second-order valence-electron chi connectivity index (χ2n) is 4.65. The van der Waals surface area contributed by atoms with Crippen LogP contribution in [0.3, 0.4) is 0 Å². The summed E-state index contributed by atoms with van der Waals surface area (Å²) in [5.74, 6) is -0.572. The van der Waals surface area contributed by atoms with E-state index in [0.29, 0.717) is 15.7 Å². The predicted molar refractivity (Wildman–Crippen MR) is 89.2 cm³/mol. The van der Waals surface area contributed by atoms with Gasteiger partial charge in [0.2, 0.25) is 11.8 Å². The molecule has 0 unspecified atom stereocenters. The van der Waals surface area contributed by atoms with Crippen molar-refractivity contribution in [2.75, 3.05) is 11.9 Å². The number of nitrogens with one attached hydrogen (secondary N) is 2. The lowest BCUT2D eigenvalue weighted by atomic mass is 10.0. The summed E-state index contributed by atoms with van der Waals surface area (Å²) in [6.45, 7) is 1.27. The molecule has 2 rings (SSSR count). The number of carbonyl (C=O) groups excluding carboxylic acids is 2. The lowest BCUT2D eigenvalue weighted by Gasteiger charge is -2.12. The highest BCUT2D eigenvalue weighted by atomic mass is 35.5. The Morgan fingerprint density at radius 2 is 1.64 bits per heavy atom. The normalized spacial score (nSPS) is 10.1. The van der Waals surface area contributed by atoms with Crippen LogP contribution in [0.4, 0.5) is 5.69 Å². The maximum Gasteiger partial charge on any atom is 0.243 e. The van der Waals surface area contributed by atoms with Gasteiger partial charge in [0.05, 0.1) is 6.54 Å². The Labute approximate surface area is 138 Å². The lowest BCUT2D eigenvalue weighted by Crippen LogP contribution is -2.31. The summed E-state index contributed by atoms with van der Waals surface area (Å²) in [5.41, 5.74) is 2.27. The zero-order chi connectivity index (χ0) is 16.1. The van der Waals surface area contributed by atoms with Crippen LogP contribution in [-0.2, 0) is 9.59 Å². The lowest BCUT2D eigenvalue weighted by molar-refractivity contribution is -0.122. The number of hydrogen-bond acceptors (Lipinski definition) is 2. The summed E-state index contributed by atoms with van der Waals surface area (Å²) in [6.07, 6.45) is 0. The number of carbonyl (C=O) groups is 2. The summed E-state index contributed by atoms with van der Waals surface area (Å²) in [4.78, 5) is 22.7. The number of benzene rings is 2. The monoisotopic (exact) mass is 336 g/mol. The number of hydrogen-bond donors (Lipinski definition) is 2. The van der Waals surface area contributed by atoms with Crippen LogP contribution in [0.15, 0.2) is 42.5 Å². The predicted octanol–water partition coefficient (Wildman–Crippen LogP) is 3.74. The highest BCUT2D eigenvalue weighted by Gasteiger charge is 2.10. The van der Waals surface area contributed by atoms with Crippen molar-refractivity contribution in [3.63, 3.8) is 0 Å². The van der Waals surface area contributed by atoms with Crippen molar-refractivity contribution >= 4 is 40.7 Å². The van der Waals surface area contributed by atoms with Gasteiger partial charge in [-0.25, -0.2) is 0 Å². The first kappa shape index (κ1) is 16.3. The van der Waals surface area contributed by atoms with E-state index >= 15 is 0 Å². The standard InChI is InChI=1S/C16H14Cl2N2O2/c1-10(21)19-9-16(22)20-15-7-6-13(18)8-14(15)11-2-4-12(17)5-3-11/h2-8H,9H2,1H3,(H,19,21)(H,20,22). The average molecular weight is 337 g/mol. The van der Waals surface area contributed by atoms with Gasteiger partial charge in [-0.05, 0) is 35.9 Å². The Kier molecular flexibility index (Phi) is 5.41. The minimum absolute atomic E-state index is 0.0853. The number of rotatable bonds is 4. The third-order valence-electron chi connectivity index (χ3n) is 2.91. The van der Waals surface area contributed by atoms with Gasteiger partial charge in [0, 0.05) is 28.2 Å². The van der Waals surface area contributed by atoms with Crippen LogP contribution < -0.4 is 10.6 Å². The minimum atomic E-state index is -0.312. The smallest absolute Gasteiger partial charge is 0.243 e. The first-order valence-electron chi connectivity index (χ1n) is 6.55. The van der Waals surface area contributed by atoms with Crippen molar-refractivity contribution < 1.29 is 9.59 Å². The minimum Gasteiger partial charge on any atom is -0.347 e. The first-order chi connectivity index (χ1) is 10.5. The van der Waals surface area contributed by atoms with Crippen molar-refractivity contribution in [3.05, 3.63) is 52.5 Å². The summed E-state index contributed by atoms with van der Waals surface area (Å²) in [5, 5.41) is 6.40. The largest absolute Gasteiger partial charge is 0.347 e. The van der Waals surface area contributed by atoms with E-state index in [4.69, 9.17) is 23.2 Å². The third kappa shape index (κ3) is 4.48. The van der Waals surface area contributed by atoms with E-state index in [1.54, 1.807) is 30.3 Å². The van der Waals surface area contributed by atoms with Crippen molar-refractivity contribution in [1.29, 1.82) is 0 Å². The van der Waals surface area contributed by atoms with E-state index in [-0.39, 0.29) is 18.4 Å². The van der Waals surface area contributed by atoms with Gasteiger partial charge in [-0.15, -0.1) is 0 Å². The van der Waals surface area contributed by atoms with Crippen LogP contribution >= 0.6 is 23.2 Å². The number of anilines is 1. The third-order valence-corrected chi connectivity index (χ3v) is 3.40. The van der Waals surface area contributed by atoms with Crippen LogP contribution in [-0.4, -0.2) is 18.4 Å². The molecule has 2 aromatic carbocycles. The van der Waals surface area contributed by atoms with E-state index in [9.17, 15) is 9.59 Å². The van der Waals surface area contributed by atoms with Crippen LogP contribution in [0.2, 0.25) is 10.0 Å². The molecule has 0 bridgehead atoms. The second-order valence-corrected chi connectivity index (χ2v) is 5.53. The molecular formula is C16H14Cl2N2O2. The highest BCUT2D eigenvalue weighted by molar-refractivity contribution is 6.31. The molecule has 6 heteroatoms. The summed E-state index contributed by atoms with van der Waals surface area (Å²) < 4.78 is 0. The SMILES string of the molecule is CC(=O)NCC(=O)Nc1ccc(Cl)cc1-c1ccc(Cl)cc1. The topological polar surface area (TPSA) is 58.2 Å². The Morgan fingerprint density at radius 1 is 1.00 bits per heavy atom. The van der Waals surface area contributed by atoms with Gasteiger partial charge in [0.25, 0.3) is 0 Å². The molecule has 0 aromatic heterocycles. The quantitative estimate of drug-likeness (QED) is 0.893.